The van der Waals surface area contributed by atoms with Crippen LogP contribution in [0.3, 0.4) is 0 Å². The van der Waals surface area contributed by atoms with Crippen LogP contribution in [0.15, 0.2) is 24.5 Å². The van der Waals surface area contributed by atoms with Gasteiger partial charge in [0.1, 0.15) is 0 Å². The first kappa shape index (κ1) is 9.12. The highest BCUT2D eigenvalue weighted by atomic mass is 16.3. The summed E-state index contributed by atoms with van der Waals surface area (Å²) < 4.78 is 0. The first-order chi connectivity index (χ1) is 5.75. The summed E-state index contributed by atoms with van der Waals surface area (Å²) in [6.07, 6.45) is 2.32. The van der Waals surface area contributed by atoms with Crippen molar-refractivity contribution in [3.05, 3.63) is 30.1 Å². The van der Waals surface area contributed by atoms with Gasteiger partial charge < -0.3 is 15.9 Å². The van der Waals surface area contributed by atoms with Gasteiger partial charge in [0.2, 0.25) is 0 Å². The summed E-state index contributed by atoms with van der Waals surface area (Å²) in [5, 5.41) is 18.1. The Hall–Kier alpha value is -0.970. The average molecular weight is 168 g/mol. The van der Waals surface area contributed by atoms with Crippen LogP contribution in [0.2, 0.25) is 0 Å². The molecule has 4 heteroatoms. The van der Waals surface area contributed by atoms with Gasteiger partial charge in [-0.25, -0.2) is 0 Å². The fourth-order valence-corrected chi connectivity index (χ4v) is 0.908. The van der Waals surface area contributed by atoms with E-state index in [0.29, 0.717) is 5.56 Å². The molecule has 0 aliphatic heterocycles. The molecule has 4 nitrogen and oxygen atoms in total. The molecule has 0 bridgehead atoms. The second-order valence-corrected chi connectivity index (χ2v) is 2.57. The highest BCUT2D eigenvalue weighted by Crippen LogP contribution is 2.13. The van der Waals surface area contributed by atoms with Gasteiger partial charge in [0.25, 0.3) is 0 Å². The third kappa shape index (κ3) is 2.01. The molecule has 0 fully saturated rings. The third-order valence-electron chi connectivity index (χ3n) is 1.66. The van der Waals surface area contributed by atoms with Crippen LogP contribution in [0.4, 0.5) is 0 Å². The van der Waals surface area contributed by atoms with Gasteiger partial charge in [0, 0.05) is 12.4 Å². The minimum atomic E-state index is -0.821. The molecule has 0 aromatic carbocycles. The molecule has 1 aromatic heterocycles. The van der Waals surface area contributed by atoms with Gasteiger partial charge >= 0.3 is 0 Å². The summed E-state index contributed by atoms with van der Waals surface area (Å²) >= 11 is 0. The van der Waals surface area contributed by atoms with Crippen LogP contribution in [-0.2, 0) is 0 Å². The zero-order chi connectivity index (χ0) is 8.97. The highest BCUT2D eigenvalue weighted by Gasteiger charge is 2.14. The van der Waals surface area contributed by atoms with Gasteiger partial charge in [-0.1, -0.05) is 0 Å². The summed E-state index contributed by atoms with van der Waals surface area (Å²) in [4.78, 5) is 3.80. The topological polar surface area (TPSA) is 79.4 Å². The number of pyridine rings is 1. The van der Waals surface area contributed by atoms with Gasteiger partial charge in [-0.2, -0.15) is 0 Å². The first-order valence-corrected chi connectivity index (χ1v) is 3.70. The molecule has 1 aromatic rings. The molecule has 66 valence electrons. The number of nitrogens with two attached hydrogens (primary N) is 1. The van der Waals surface area contributed by atoms with E-state index in [9.17, 15) is 5.11 Å². The van der Waals surface area contributed by atoms with E-state index in [4.69, 9.17) is 10.8 Å². The van der Waals surface area contributed by atoms with Crippen molar-refractivity contribution in [2.75, 3.05) is 6.61 Å². The molecule has 0 aliphatic carbocycles. The van der Waals surface area contributed by atoms with Crippen molar-refractivity contribution in [1.29, 1.82) is 0 Å². The molecular formula is C8H12N2O2. The predicted molar refractivity (Wildman–Crippen MR) is 44.3 cm³/mol. The van der Waals surface area contributed by atoms with Gasteiger partial charge in [-0.05, 0) is 17.7 Å². The normalized spacial score (nSPS) is 15.6. The highest BCUT2D eigenvalue weighted by molar-refractivity contribution is 5.14. The van der Waals surface area contributed by atoms with Crippen molar-refractivity contribution in [2.45, 2.75) is 12.1 Å². The predicted octanol–water partition coefficient (Wildman–Crippen LogP) is -0.565. The maximum Gasteiger partial charge on any atom is 0.0964 e. The molecular weight excluding hydrogens is 156 g/mol. The van der Waals surface area contributed by atoms with Crippen LogP contribution >= 0.6 is 0 Å². The number of aromatic nitrogens is 1. The van der Waals surface area contributed by atoms with Gasteiger partial charge in [-0.15, -0.1) is 0 Å². The number of aliphatic hydroxyl groups is 2. The molecule has 0 saturated heterocycles. The minimum absolute atomic E-state index is 0.233. The maximum absolute atomic E-state index is 9.48. The Bertz CT molecular complexity index is 228. The Kier molecular flexibility index (Phi) is 3.16. The quantitative estimate of drug-likeness (QED) is 0.565. The lowest BCUT2D eigenvalue weighted by Crippen LogP contribution is -2.31. The van der Waals surface area contributed by atoms with Crippen molar-refractivity contribution in [3.63, 3.8) is 0 Å². The van der Waals surface area contributed by atoms with Crippen molar-refractivity contribution < 1.29 is 10.2 Å². The van der Waals surface area contributed by atoms with Crippen molar-refractivity contribution in [2.24, 2.45) is 5.73 Å². The average Bonchev–Trinajstić information content (AvgIpc) is 2.17. The van der Waals surface area contributed by atoms with E-state index in [-0.39, 0.29) is 6.61 Å². The van der Waals surface area contributed by atoms with E-state index in [2.05, 4.69) is 4.98 Å². The Morgan fingerprint density at radius 2 is 2.00 bits per heavy atom. The first-order valence-electron chi connectivity index (χ1n) is 3.70. The molecule has 0 radical (unpaired) electrons. The molecule has 12 heavy (non-hydrogen) atoms. The Morgan fingerprint density at radius 3 is 2.50 bits per heavy atom. The van der Waals surface area contributed by atoms with Gasteiger partial charge in [0.05, 0.1) is 18.8 Å². The minimum Gasteiger partial charge on any atom is -0.395 e. The zero-order valence-corrected chi connectivity index (χ0v) is 6.59. The number of rotatable bonds is 3. The van der Waals surface area contributed by atoms with Crippen LogP contribution in [-0.4, -0.2) is 27.8 Å². The number of aliphatic hydroxyl groups excluding tert-OH is 2. The molecule has 1 heterocycles. The molecule has 2 atom stereocenters. The van der Waals surface area contributed by atoms with Crippen molar-refractivity contribution in [3.8, 4) is 0 Å². The lowest BCUT2D eigenvalue weighted by Gasteiger charge is -2.15. The van der Waals surface area contributed by atoms with E-state index in [1.807, 2.05) is 0 Å². The lowest BCUT2D eigenvalue weighted by molar-refractivity contribution is 0.109. The maximum atomic E-state index is 9.48. The molecule has 1 rings (SSSR count). The van der Waals surface area contributed by atoms with Crippen LogP contribution in [0, 0.1) is 0 Å². The van der Waals surface area contributed by atoms with E-state index in [1.165, 1.54) is 0 Å². The lowest BCUT2D eigenvalue weighted by atomic mass is 10.1. The van der Waals surface area contributed by atoms with Crippen molar-refractivity contribution >= 4 is 0 Å². The summed E-state index contributed by atoms with van der Waals surface area (Å²) in [7, 11) is 0. The Labute approximate surface area is 70.7 Å². The molecule has 0 amide bonds. The fraction of sp³-hybridized carbons (Fsp3) is 0.375. The molecule has 0 spiro atoms. The second-order valence-electron chi connectivity index (χ2n) is 2.57. The monoisotopic (exact) mass is 168 g/mol. The molecule has 0 aliphatic rings. The number of nitrogens with zero attached hydrogens (tertiary/aromatic N) is 1. The summed E-state index contributed by atoms with van der Waals surface area (Å²) in [5.74, 6) is 0. The molecule has 0 saturated carbocycles. The molecule has 4 N–H and O–H groups in total. The summed E-state index contributed by atoms with van der Waals surface area (Å²) in [5.41, 5.74) is 6.10. The van der Waals surface area contributed by atoms with Crippen LogP contribution in [0.5, 0.6) is 0 Å². The largest absolute Gasteiger partial charge is 0.395 e. The van der Waals surface area contributed by atoms with Crippen molar-refractivity contribution in [1.82, 2.24) is 4.98 Å². The SMILES string of the molecule is N[C@H](CO)[C@H](O)c1ccncc1. The molecule has 0 unspecified atom stereocenters. The number of hydrogen-bond acceptors (Lipinski definition) is 4. The summed E-state index contributed by atoms with van der Waals surface area (Å²) in [6.45, 7) is -0.233. The van der Waals surface area contributed by atoms with Gasteiger partial charge in [-0.3, -0.25) is 4.98 Å². The van der Waals surface area contributed by atoms with Gasteiger partial charge in [0.15, 0.2) is 0 Å². The van der Waals surface area contributed by atoms with Crippen LogP contribution in [0.25, 0.3) is 0 Å². The van der Waals surface area contributed by atoms with E-state index >= 15 is 0 Å². The van der Waals surface area contributed by atoms with E-state index in [0.717, 1.165) is 0 Å². The number of hydrogen-bond donors (Lipinski definition) is 3. The Balaban J connectivity index is 2.71. The fourth-order valence-electron chi connectivity index (χ4n) is 0.908. The second kappa shape index (κ2) is 4.15. The van der Waals surface area contributed by atoms with E-state index < -0.39 is 12.1 Å². The third-order valence-corrected chi connectivity index (χ3v) is 1.66. The Morgan fingerprint density at radius 1 is 1.42 bits per heavy atom. The van der Waals surface area contributed by atoms with E-state index in [1.54, 1.807) is 24.5 Å². The zero-order valence-electron chi connectivity index (χ0n) is 6.59. The van der Waals surface area contributed by atoms with Crippen LogP contribution < -0.4 is 5.73 Å². The smallest absolute Gasteiger partial charge is 0.0964 e. The van der Waals surface area contributed by atoms with Crippen LogP contribution in [0.1, 0.15) is 11.7 Å². The summed E-state index contributed by atoms with van der Waals surface area (Å²) in [6, 6.07) is 2.70. The standard InChI is InChI=1S/C8H12N2O2/c9-7(5-11)8(12)6-1-3-10-4-2-6/h1-4,7-8,11-12H,5,9H2/t7-,8-/m1/s1.